The minimum Gasteiger partial charge on any atom is -0.495 e. The van der Waals surface area contributed by atoms with Crippen LogP contribution in [0.25, 0.3) is 0 Å². The second-order valence-corrected chi connectivity index (χ2v) is 4.95. The Balaban J connectivity index is 1.91. The molecule has 0 saturated heterocycles. The Bertz CT molecular complexity index is 521. The summed E-state index contributed by atoms with van der Waals surface area (Å²) in [6, 6.07) is 1.86. The Morgan fingerprint density at radius 1 is 1.61 bits per heavy atom. The fourth-order valence-corrected chi connectivity index (χ4v) is 2.42. The van der Waals surface area contributed by atoms with Gasteiger partial charge < -0.3 is 10.1 Å². The molecule has 0 aliphatic heterocycles. The standard InChI is InChI=1S/C11H14N4O2S/c1-7-5-8(17-2)10(18-7)11(16)12-4-3-9-13-6-14-15-9/h5-6H,3-4H2,1-2H3,(H,12,16)(H,13,14,15). The number of aromatic amines is 1. The molecule has 0 unspecified atom stereocenters. The molecule has 96 valence electrons. The average molecular weight is 266 g/mol. The number of H-pyrrole nitrogens is 1. The van der Waals surface area contributed by atoms with Crippen LogP contribution in [0, 0.1) is 6.92 Å². The second-order valence-electron chi connectivity index (χ2n) is 3.69. The zero-order chi connectivity index (χ0) is 13.0. The number of carbonyl (C=O) groups is 1. The highest BCUT2D eigenvalue weighted by Crippen LogP contribution is 2.28. The summed E-state index contributed by atoms with van der Waals surface area (Å²) in [6.07, 6.45) is 2.07. The molecule has 0 fully saturated rings. The number of hydrogen-bond acceptors (Lipinski definition) is 5. The molecule has 0 spiro atoms. The van der Waals surface area contributed by atoms with E-state index in [2.05, 4.69) is 20.5 Å². The summed E-state index contributed by atoms with van der Waals surface area (Å²) in [5.41, 5.74) is 0. The lowest BCUT2D eigenvalue weighted by molar-refractivity contribution is 0.0955. The number of rotatable bonds is 5. The molecular weight excluding hydrogens is 252 g/mol. The van der Waals surface area contributed by atoms with Crippen molar-refractivity contribution in [2.45, 2.75) is 13.3 Å². The van der Waals surface area contributed by atoms with Gasteiger partial charge in [-0.25, -0.2) is 4.98 Å². The van der Waals surface area contributed by atoms with Crippen molar-refractivity contribution in [3.63, 3.8) is 0 Å². The third-order valence-electron chi connectivity index (χ3n) is 2.36. The second kappa shape index (κ2) is 5.63. The molecule has 1 amide bonds. The van der Waals surface area contributed by atoms with Crippen LogP contribution in [-0.4, -0.2) is 34.7 Å². The molecule has 18 heavy (non-hydrogen) atoms. The Kier molecular flexibility index (Phi) is 3.93. The quantitative estimate of drug-likeness (QED) is 0.851. The summed E-state index contributed by atoms with van der Waals surface area (Å²) in [7, 11) is 1.56. The van der Waals surface area contributed by atoms with Gasteiger partial charge in [-0.15, -0.1) is 11.3 Å². The van der Waals surface area contributed by atoms with Crippen LogP contribution >= 0.6 is 11.3 Å². The van der Waals surface area contributed by atoms with E-state index in [0.29, 0.717) is 23.6 Å². The number of methoxy groups -OCH3 is 1. The van der Waals surface area contributed by atoms with E-state index in [0.717, 1.165) is 10.7 Å². The zero-order valence-electron chi connectivity index (χ0n) is 10.2. The average Bonchev–Trinajstić information content (AvgIpc) is 2.98. The highest BCUT2D eigenvalue weighted by Gasteiger charge is 2.15. The smallest absolute Gasteiger partial charge is 0.265 e. The summed E-state index contributed by atoms with van der Waals surface area (Å²) >= 11 is 1.42. The summed E-state index contributed by atoms with van der Waals surface area (Å²) < 4.78 is 5.16. The van der Waals surface area contributed by atoms with Gasteiger partial charge in [-0.05, 0) is 13.0 Å². The van der Waals surface area contributed by atoms with Gasteiger partial charge in [0.1, 0.15) is 22.8 Å². The summed E-state index contributed by atoms with van der Waals surface area (Å²) in [4.78, 5) is 17.6. The van der Waals surface area contributed by atoms with Crippen LogP contribution in [0.1, 0.15) is 20.4 Å². The first-order valence-electron chi connectivity index (χ1n) is 5.47. The number of amides is 1. The van der Waals surface area contributed by atoms with E-state index in [1.54, 1.807) is 7.11 Å². The fraction of sp³-hybridized carbons (Fsp3) is 0.364. The van der Waals surface area contributed by atoms with Crippen molar-refractivity contribution >= 4 is 17.2 Å². The van der Waals surface area contributed by atoms with E-state index in [4.69, 9.17) is 4.74 Å². The Morgan fingerprint density at radius 3 is 3.11 bits per heavy atom. The highest BCUT2D eigenvalue weighted by molar-refractivity contribution is 7.14. The van der Waals surface area contributed by atoms with Crippen molar-refractivity contribution in [1.29, 1.82) is 0 Å². The molecule has 0 bridgehead atoms. The largest absolute Gasteiger partial charge is 0.495 e. The maximum absolute atomic E-state index is 11.9. The molecule has 2 aromatic heterocycles. The molecule has 0 aromatic carbocycles. The third kappa shape index (κ3) is 2.86. The van der Waals surface area contributed by atoms with Gasteiger partial charge in [0.25, 0.3) is 5.91 Å². The van der Waals surface area contributed by atoms with Crippen molar-refractivity contribution in [1.82, 2.24) is 20.5 Å². The molecule has 7 heteroatoms. The predicted molar refractivity (Wildman–Crippen MR) is 68.0 cm³/mol. The van der Waals surface area contributed by atoms with E-state index >= 15 is 0 Å². The van der Waals surface area contributed by atoms with Gasteiger partial charge in [-0.3, -0.25) is 9.89 Å². The number of ether oxygens (including phenoxy) is 1. The molecule has 6 nitrogen and oxygen atoms in total. The van der Waals surface area contributed by atoms with Crippen molar-refractivity contribution in [3.05, 3.63) is 28.0 Å². The lowest BCUT2D eigenvalue weighted by Crippen LogP contribution is -2.25. The SMILES string of the molecule is COc1cc(C)sc1C(=O)NCCc1ncn[nH]1. The number of aromatic nitrogens is 3. The maximum atomic E-state index is 11.9. The maximum Gasteiger partial charge on any atom is 0.265 e. The molecule has 0 aliphatic carbocycles. The molecule has 2 N–H and O–H groups in total. The molecular formula is C11H14N4O2S. The van der Waals surface area contributed by atoms with Crippen LogP contribution in [0.5, 0.6) is 5.75 Å². The minimum atomic E-state index is -0.121. The van der Waals surface area contributed by atoms with Gasteiger partial charge in [-0.2, -0.15) is 5.10 Å². The number of nitrogens with one attached hydrogen (secondary N) is 2. The topological polar surface area (TPSA) is 79.9 Å². The van der Waals surface area contributed by atoms with Gasteiger partial charge in [0.2, 0.25) is 0 Å². The lowest BCUT2D eigenvalue weighted by Gasteiger charge is -2.04. The number of hydrogen-bond donors (Lipinski definition) is 2. The van der Waals surface area contributed by atoms with E-state index in [1.165, 1.54) is 17.7 Å². The van der Waals surface area contributed by atoms with E-state index in [9.17, 15) is 4.79 Å². The molecule has 2 rings (SSSR count). The molecule has 0 radical (unpaired) electrons. The third-order valence-corrected chi connectivity index (χ3v) is 3.39. The molecule has 0 saturated carbocycles. The molecule has 2 heterocycles. The van der Waals surface area contributed by atoms with E-state index in [1.807, 2.05) is 13.0 Å². The van der Waals surface area contributed by atoms with Crippen molar-refractivity contribution in [3.8, 4) is 5.75 Å². The number of nitrogens with zero attached hydrogens (tertiary/aromatic N) is 2. The molecule has 2 aromatic rings. The van der Waals surface area contributed by atoms with Gasteiger partial charge in [0, 0.05) is 17.8 Å². The fourth-order valence-electron chi connectivity index (χ4n) is 1.53. The first-order valence-corrected chi connectivity index (χ1v) is 6.29. The summed E-state index contributed by atoms with van der Waals surface area (Å²) in [5.74, 6) is 1.25. The number of carbonyl (C=O) groups excluding carboxylic acids is 1. The Labute approximate surface area is 108 Å². The predicted octanol–water partition coefficient (Wildman–Crippen LogP) is 1.16. The Morgan fingerprint density at radius 2 is 2.44 bits per heavy atom. The molecule has 0 aliphatic rings. The van der Waals surface area contributed by atoms with Gasteiger partial charge in [0.05, 0.1) is 7.11 Å². The Hall–Kier alpha value is -1.89. The molecule has 0 atom stereocenters. The monoisotopic (exact) mass is 266 g/mol. The van der Waals surface area contributed by atoms with Crippen LogP contribution in [0.3, 0.4) is 0 Å². The van der Waals surface area contributed by atoms with Crippen molar-refractivity contribution in [2.75, 3.05) is 13.7 Å². The summed E-state index contributed by atoms with van der Waals surface area (Å²) in [5, 5.41) is 9.31. The highest BCUT2D eigenvalue weighted by atomic mass is 32.1. The van der Waals surface area contributed by atoms with E-state index in [-0.39, 0.29) is 5.91 Å². The summed E-state index contributed by atoms with van der Waals surface area (Å²) in [6.45, 7) is 2.45. The lowest BCUT2D eigenvalue weighted by atomic mass is 10.3. The van der Waals surface area contributed by atoms with E-state index < -0.39 is 0 Å². The first-order chi connectivity index (χ1) is 8.70. The number of thiophene rings is 1. The van der Waals surface area contributed by atoms with Gasteiger partial charge >= 0.3 is 0 Å². The van der Waals surface area contributed by atoms with Crippen molar-refractivity contribution in [2.24, 2.45) is 0 Å². The van der Waals surface area contributed by atoms with Gasteiger partial charge in [0.15, 0.2) is 0 Å². The van der Waals surface area contributed by atoms with Crippen LogP contribution in [0.2, 0.25) is 0 Å². The zero-order valence-corrected chi connectivity index (χ0v) is 11.0. The first kappa shape index (κ1) is 12.6. The van der Waals surface area contributed by atoms with Crippen LogP contribution in [0.15, 0.2) is 12.4 Å². The van der Waals surface area contributed by atoms with Crippen LogP contribution in [0.4, 0.5) is 0 Å². The van der Waals surface area contributed by atoms with Crippen LogP contribution < -0.4 is 10.1 Å². The normalized spacial score (nSPS) is 10.3. The number of aryl methyl sites for hydroxylation is 1. The van der Waals surface area contributed by atoms with Gasteiger partial charge in [-0.1, -0.05) is 0 Å². The van der Waals surface area contributed by atoms with Crippen molar-refractivity contribution < 1.29 is 9.53 Å². The minimum absolute atomic E-state index is 0.121. The van der Waals surface area contributed by atoms with Crippen LogP contribution in [-0.2, 0) is 6.42 Å².